The van der Waals surface area contributed by atoms with Crippen molar-refractivity contribution in [2.45, 2.75) is 30.6 Å². The van der Waals surface area contributed by atoms with Gasteiger partial charge in [-0.25, -0.2) is 8.42 Å². The maximum Gasteiger partial charge on any atom is 0.251 e. The largest absolute Gasteiger partial charge is 0.379 e. The summed E-state index contributed by atoms with van der Waals surface area (Å²) in [5.74, 6) is -0.758. The predicted octanol–water partition coefficient (Wildman–Crippen LogP) is 0.430. The van der Waals surface area contributed by atoms with Crippen LogP contribution >= 0.6 is 0 Å². The maximum absolute atomic E-state index is 12.9. The van der Waals surface area contributed by atoms with Crippen molar-refractivity contribution in [3.8, 4) is 0 Å². The van der Waals surface area contributed by atoms with Crippen LogP contribution in [0.3, 0.4) is 0 Å². The number of hydrogen-bond acceptors (Lipinski definition) is 6. The van der Waals surface area contributed by atoms with Gasteiger partial charge in [0.25, 0.3) is 5.91 Å². The normalized spacial score (nSPS) is 18.8. The Morgan fingerprint density at radius 1 is 0.968 bits per heavy atom. The zero-order valence-corrected chi connectivity index (χ0v) is 18.7. The molecule has 9 nitrogen and oxygen atoms in total. The van der Waals surface area contributed by atoms with Crippen LogP contribution in [0.2, 0.25) is 0 Å². The van der Waals surface area contributed by atoms with Gasteiger partial charge in [-0.05, 0) is 31.0 Å². The molecule has 1 aromatic rings. The number of rotatable bonds is 8. The van der Waals surface area contributed by atoms with Gasteiger partial charge in [0, 0.05) is 44.8 Å². The fraction of sp³-hybridized carbons (Fsp3) is 0.619. The van der Waals surface area contributed by atoms with E-state index >= 15 is 0 Å². The van der Waals surface area contributed by atoms with Crippen molar-refractivity contribution in [1.82, 2.24) is 19.8 Å². The van der Waals surface area contributed by atoms with Crippen molar-refractivity contribution in [1.29, 1.82) is 0 Å². The summed E-state index contributed by atoms with van der Waals surface area (Å²) < 4.78 is 32.7. The number of nitrogens with zero attached hydrogens (tertiary/aromatic N) is 2. The third kappa shape index (κ3) is 6.99. The molecule has 172 valence electrons. The van der Waals surface area contributed by atoms with E-state index in [1.165, 1.54) is 16.4 Å². The third-order valence-corrected chi connectivity index (χ3v) is 7.46. The molecule has 2 amide bonds. The zero-order valence-electron chi connectivity index (χ0n) is 17.8. The Hall–Kier alpha value is -2.01. The maximum atomic E-state index is 12.9. The minimum atomic E-state index is -3.63. The molecule has 1 aromatic carbocycles. The minimum Gasteiger partial charge on any atom is -0.379 e. The molecule has 0 spiro atoms. The molecule has 31 heavy (non-hydrogen) atoms. The van der Waals surface area contributed by atoms with E-state index in [0.717, 1.165) is 45.3 Å². The van der Waals surface area contributed by atoms with Gasteiger partial charge < -0.3 is 15.4 Å². The SMILES string of the molecule is O=C(CNC(=O)c1cccc(S(=O)(=O)N2CCCCCC2)c1)NCCN1CCOCC1. The van der Waals surface area contributed by atoms with Crippen LogP contribution in [-0.4, -0.2) is 88.5 Å². The van der Waals surface area contributed by atoms with Crippen LogP contribution < -0.4 is 10.6 Å². The Labute approximate surface area is 184 Å². The van der Waals surface area contributed by atoms with Gasteiger partial charge >= 0.3 is 0 Å². The number of carbonyl (C=O) groups excluding carboxylic acids is 2. The van der Waals surface area contributed by atoms with Crippen molar-refractivity contribution in [2.24, 2.45) is 0 Å². The Morgan fingerprint density at radius 3 is 2.39 bits per heavy atom. The summed E-state index contributed by atoms with van der Waals surface area (Å²) in [6.45, 7) is 5.19. The molecule has 0 atom stereocenters. The highest BCUT2D eigenvalue weighted by Gasteiger charge is 2.25. The van der Waals surface area contributed by atoms with Crippen molar-refractivity contribution in [2.75, 3.05) is 59.0 Å². The molecule has 0 bridgehead atoms. The highest BCUT2D eigenvalue weighted by Crippen LogP contribution is 2.21. The monoisotopic (exact) mass is 452 g/mol. The van der Waals surface area contributed by atoms with E-state index in [1.54, 1.807) is 12.1 Å². The van der Waals surface area contributed by atoms with Gasteiger partial charge in [0.2, 0.25) is 15.9 Å². The number of nitrogens with one attached hydrogen (secondary N) is 2. The molecule has 2 fully saturated rings. The number of carbonyl (C=O) groups is 2. The number of ether oxygens (including phenoxy) is 1. The topological polar surface area (TPSA) is 108 Å². The number of sulfonamides is 1. The lowest BCUT2D eigenvalue weighted by molar-refractivity contribution is -0.120. The van der Waals surface area contributed by atoms with Gasteiger partial charge in [0.15, 0.2) is 0 Å². The second-order valence-corrected chi connectivity index (χ2v) is 9.77. The van der Waals surface area contributed by atoms with Gasteiger partial charge in [-0.3, -0.25) is 14.5 Å². The van der Waals surface area contributed by atoms with E-state index < -0.39 is 15.9 Å². The fourth-order valence-electron chi connectivity index (χ4n) is 3.73. The van der Waals surface area contributed by atoms with Crippen LogP contribution in [0.15, 0.2) is 29.2 Å². The lowest BCUT2D eigenvalue weighted by atomic mass is 10.2. The van der Waals surface area contributed by atoms with Crippen LogP contribution in [0, 0.1) is 0 Å². The standard InChI is InChI=1S/C21H32N4O5S/c26-20(22-8-11-24-12-14-30-15-13-24)17-23-21(27)18-6-5-7-19(16-18)31(28,29)25-9-3-1-2-4-10-25/h5-7,16H,1-4,8-15,17H2,(H,22,26)(H,23,27). The number of amides is 2. The molecule has 2 heterocycles. The second-order valence-electron chi connectivity index (χ2n) is 7.83. The van der Waals surface area contributed by atoms with E-state index in [-0.39, 0.29) is 22.9 Å². The van der Waals surface area contributed by atoms with E-state index in [1.807, 2.05) is 0 Å². The molecule has 2 aliphatic rings. The average Bonchev–Trinajstić information content (AvgIpc) is 3.08. The van der Waals surface area contributed by atoms with E-state index in [0.29, 0.717) is 32.8 Å². The summed E-state index contributed by atoms with van der Waals surface area (Å²) in [5, 5.41) is 5.35. The van der Waals surface area contributed by atoms with E-state index in [4.69, 9.17) is 4.74 Å². The minimum absolute atomic E-state index is 0.108. The highest BCUT2D eigenvalue weighted by atomic mass is 32.2. The predicted molar refractivity (Wildman–Crippen MR) is 116 cm³/mol. The molecule has 0 aliphatic carbocycles. The first-order chi connectivity index (χ1) is 15.0. The smallest absolute Gasteiger partial charge is 0.251 e. The molecule has 10 heteroatoms. The number of morpholine rings is 1. The Kier molecular flexibility index (Phi) is 8.82. The third-order valence-electron chi connectivity index (χ3n) is 5.56. The van der Waals surface area contributed by atoms with Gasteiger partial charge in [-0.15, -0.1) is 0 Å². The van der Waals surface area contributed by atoms with Gasteiger partial charge in [-0.2, -0.15) is 4.31 Å². The first-order valence-electron chi connectivity index (χ1n) is 10.9. The molecule has 2 saturated heterocycles. The number of hydrogen-bond donors (Lipinski definition) is 2. The molecule has 2 N–H and O–H groups in total. The molecule has 3 rings (SSSR count). The lowest BCUT2D eigenvalue weighted by Gasteiger charge is -2.26. The van der Waals surface area contributed by atoms with E-state index in [2.05, 4.69) is 15.5 Å². The molecule has 0 radical (unpaired) electrons. The summed E-state index contributed by atoms with van der Waals surface area (Å²) >= 11 is 0. The number of benzene rings is 1. The lowest BCUT2D eigenvalue weighted by Crippen LogP contribution is -2.43. The molecule has 0 unspecified atom stereocenters. The van der Waals surface area contributed by atoms with Crippen LogP contribution in [0.5, 0.6) is 0 Å². The van der Waals surface area contributed by atoms with Crippen molar-refractivity contribution < 1.29 is 22.7 Å². The van der Waals surface area contributed by atoms with Crippen molar-refractivity contribution in [3.63, 3.8) is 0 Å². The average molecular weight is 453 g/mol. The molecular formula is C21H32N4O5S. The van der Waals surface area contributed by atoms with Crippen LogP contribution in [0.1, 0.15) is 36.0 Å². The summed E-state index contributed by atoms with van der Waals surface area (Å²) in [7, 11) is -3.63. The van der Waals surface area contributed by atoms with Gasteiger partial charge in [0.1, 0.15) is 0 Å². The van der Waals surface area contributed by atoms with Crippen LogP contribution in [-0.2, 0) is 19.6 Å². The van der Waals surface area contributed by atoms with Gasteiger partial charge in [-0.1, -0.05) is 18.9 Å². The zero-order chi connectivity index (χ0) is 22.1. The summed E-state index contributed by atoms with van der Waals surface area (Å²) in [6.07, 6.45) is 3.76. The summed E-state index contributed by atoms with van der Waals surface area (Å²) in [4.78, 5) is 26.8. The summed E-state index contributed by atoms with van der Waals surface area (Å²) in [6, 6.07) is 6.00. The van der Waals surface area contributed by atoms with Gasteiger partial charge in [0.05, 0.1) is 24.7 Å². The molecule has 0 saturated carbocycles. The van der Waals surface area contributed by atoms with E-state index in [9.17, 15) is 18.0 Å². The highest BCUT2D eigenvalue weighted by molar-refractivity contribution is 7.89. The molecule has 0 aromatic heterocycles. The first kappa shape index (κ1) is 23.6. The van der Waals surface area contributed by atoms with Crippen LogP contribution in [0.4, 0.5) is 0 Å². The second kappa shape index (κ2) is 11.6. The Bertz CT molecular complexity index is 847. The van der Waals surface area contributed by atoms with Crippen molar-refractivity contribution >= 4 is 21.8 Å². The quantitative estimate of drug-likeness (QED) is 0.592. The fourth-order valence-corrected chi connectivity index (χ4v) is 5.30. The first-order valence-corrected chi connectivity index (χ1v) is 12.4. The van der Waals surface area contributed by atoms with Crippen molar-refractivity contribution in [3.05, 3.63) is 29.8 Å². The molecule has 2 aliphatic heterocycles. The summed E-state index contributed by atoms with van der Waals surface area (Å²) in [5.41, 5.74) is 0.219. The Morgan fingerprint density at radius 2 is 1.68 bits per heavy atom. The Balaban J connectivity index is 1.49. The molecular weight excluding hydrogens is 420 g/mol. The van der Waals surface area contributed by atoms with Crippen LogP contribution in [0.25, 0.3) is 0 Å².